The summed E-state index contributed by atoms with van der Waals surface area (Å²) in [6.45, 7) is 4.99. The number of aliphatic carboxylic acids is 1. The largest absolute Gasteiger partial charge is 0.481 e. The minimum Gasteiger partial charge on any atom is -0.481 e. The highest BCUT2D eigenvalue weighted by Gasteiger charge is 2.36. The van der Waals surface area contributed by atoms with Crippen LogP contribution in [0.15, 0.2) is 0 Å². The maximum absolute atomic E-state index is 11.4. The molecule has 0 aliphatic heterocycles. The molecule has 21 heavy (non-hydrogen) atoms. The molecule has 0 bridgehead atoms. The van der Waals surface area contributed by atoms with Gasteiger partial charge in [0, 0.05) is 5.41 Å². The molecule has 0 spiro atoms. The second-order valence-electron chi connectivity index (χ2n) is 6.28. The average Bonchev–Trinajstić information content (AvgIpc) is 2.50. The lowest BCUT2D eigenvalue weighted by Crippen LogP contribution is -2.40. The van der Waals surface area contributed by atoms with Crippen molar-refractivity contribution < 1.29 is 25.2 Å². The van der Waals surface area contributed by atoms with Crippen molar-refractivity contribution in [3.8, 4) is 0 Å². The van der Waals surface area contributed by atoms with Crippen LogP contribution < -0.4 is 0 Å². The van der Waals surface area contributed by atoms with Crippen LogP contribution in [0.2, 0.25) is 0 Å². The molecule has 0 saturated heterocycles. The number of aliphatic hydroxyl groups excluding tert-OH is 3. The molecule has 0 aromatic rings. The first-order chi connectivity index (χ1) is 9.87. The lowest BCUT2D eigenvalue weighted by Gasteiger charge is -2.34. The van der Waals surface area contributed by atoms with Crippen LogP contribution in [0.1, 0.15) is 59.3 Å². The molecule has 0 aromatic carbocycles. The molecule has 126 valence electrons. The zero-order valence-electron chi connectivity index (χ0n) is 13.6. The van der Waals surface area contributed by atoms with Crippen LogP contribution in [-0.4, -0.2) is 46.2 Å². The number of hydrogen-bond donors (Lipinski definition) is 4. The van der Waals surface area contributed by atoms with E-state index in [1.54, 1.807) is 0 Å². The van der Waals surface area contributed by atoms with Crippen LogP contribution in [0.25, 0.3) is 0 Å². The van der Waals surface area contributed by atoms with E-state index in [1.807, 2.05) is 20.8 Å². The van der Waals surface area contributed by atoms with Crippen molar-refractivity contribution in [1.82, 2.24) is 0 Å². The van der Waals surface area contributed by atoms with E-state index < -0.39 is 16.8 Å². The Morgan fingerprint density at radius 1 is 1.00 bits per heavy atom. The lowest BCUT2D eigenvalue weighted by atomic mass is 9.74. The Labute approximate surface area is 128 Å². The quantitative estimate of drug-likeness (QED) is 0.414. The summed E-state index contributed by atoms with van der Waals surface area (Å²) < 4.78 is 0. The molecule has 0 fully saturated rings. The first-order valence-electron chi connectivity index (χ1n) is 7.94. The summed E-state index contributed by atoms with van der Waals surface area (Å²) in [6.07, 6.45) is 4.29. The van der Waals surface area contributed by atoms with Gasteiger partial charge in [-0.3, -0.25) is 4.79 Å². The third-order valence-electron chi connectivity index (χ3n) is 5.34. The number of rotatable bonds is 12. The molecule has 0 radical (unpaired) electrons. The predicted octanol–water partition coefficient (Wildman–Crippen LogP) is 2.04. The van der Waals surface area contributed by atoms with Crippen molar-refractivity contribution in [2.24, 2.45) is 16.7 Å². The standard InChI is InChI=1S/C16H32O5/c1-4-15(5-2,14(20)21)9-7-6-8-13(3)16(10-17,11-18)12-19/h13,17-19H,4-12H2,1-3H3,(H,20,21). The fraction of sp³-hybridized carbons (Fsp3) is 0.938. The third kappa shape index (κ3) is 4.94. The van der Waals surface area contributed by atoms with Crippen LogP contribution in [0.4, 0.5) is 0 Å². The molecular formula is C16H32O5. The first-order valence-corrected chi connectivity index (χ1v) is 7.94. The zero-order valence-corrected chi connectivity index (χ0v) is 13.6. The van der Waals surface area contributed by atoms with Gasteiger partial charge in [0.2, 0.25) is 0 Å². The molecule has 0 saturated carbocycles. The van der Waals surface area contributed by atoms with Gasteiger partial charge in [0.1, 0.15) is 0 Å². The molecule has 0 aliphatic rings. The Balaban J connectivity index is 4.40. The van der Waals surface area contributed by atoms with Gasteiger partial charge in [-0.15, -0.1) is 0 Å². The molecule has 0 amide bonds. The average molecular weight is 304 g/mol. The maximum atomic E-state index is 11.4. The Bertz CT molecular complexity index is 287. The minimum atomic E-state index is -0.848. The molecule has 0 rings (SSSR count). The number of carboxylic acid groups (broad SMARTS) is 1. The Kier molecular flexibility index (Phi) is 9.09. The van der Waals surface area contributed by atoms with E-state index >= 15 is 0 Å². The number of unbranched alkanes of at least 4 members (excludes halogenated alkanes) is 1. The topological polar surface area (TPSA) is 98.0 Å². The van der Waals surface area contributed by atoms with E-state index in [0.29, 0.717) is 19.3 Å². The molecule has 1 atom stereocenters. The smallest absolute Gasteiger partial charge is 0.309 e. The first kappa shape index (κ1) is 20.3. The van der Waals surface area contributed by atoms with E-state index in [0.717, 1.165) is 19.3 Å². The Hall–Kier alpha value is -0.650. The number of carboxylic acids is 1. The van der Waals surface area contributed by atoms with Gasteiger partial charge in [-0.05, 0) is 31.6 Å². The summed E-state index contributed by atoms with van der Waals surface area (Å²) in [5, 5.41) is 37.5. The maximum Gasteiger partial charge on any atom is 0.309 e. The summed E-state index contributed by atoms with van der Waals surface area (Å²) in [4.78, 5) is 11.4. The van der Waals surface area contributed by atoms with Gasteiger partial charge in [0.05, 0.1) is 25.2 Å². The molecule has 5 nitrogen and oxygen atoms in total. The summed E-state index contributed by atoms with van der Waals surface area (Å²) in [5.74, 6) is -0.740. The Morgan fingerprint density at radius 3 is 1.81 bits per heavy atom. The number of aliphatic hydroxyl groups is 3. The van der Waals surface area contributed by atoms with E-state index in [2.05, 4.69) is 0 Å². The second-order valence-corrected chi connectivity index (χ2v) is 6.28. The minimum absolute atomic E-state index is 0.0139. The molecule has 0 heterocycles. The highest BCUT2D eigenvalue weighted by Crippen LogP contribution is 2.35. The van der Waals surface area contributed by atoms with Gasteiger partial charge in [-0.25, -0.2) is 0 Å². The monoisotopic (exact) mass is 304 g/mol. The van der Waals surface area contributed by atoms with Gasteiger partial charge in [-0.1, -0.05) is 33.6 Å². The van der Waals surface area contributed by atoms with Crippen molar-refractivity contribution in [3.63, 3.8) is 0 Å². The molecule has 5 heteroatoms. The van der Waals surface area contributed by atoms with Crippen molar-refractivity contribution in [2.75, 3.05) is 19.8 Å². The highest BCUT2D eigenvalue weighted by atomic mass is 16.4. The van der Waals surface area contributed by atoms with E-state index in [1.165, 1.54) is 0 Å². The molecule has 1 unspecified atom stereocenters. The molecule has 0 aromatic heterocycles. The predicted molar refractivity (Wildman–Crippen MR) is 82.0 cm³/mol. The van der Waals surface area contributed by atoms with Gasteiger partial charge >= 0.3 is 5.97 Å². The Morgan fingerprint density at radius 2 is 1.48 bits per heavy atom. The fourth-order valence-corrected chi connectivity index (χ4v) is 2.85. The summed E-state index contributed by atoms with van der Waals surface area (Å²) in [7, 11) is 0. The molecule has 4 N–H and O–H groups in total. The van der Waals surface area contributed by atoms with Gasteiger partial charge in [-0.2, -0.15) is 0 Å². The van der Waals surface area contributed by atoms with Crippen LogP contribution >= 0.6 is 0 Å². The second kappa shape index (κ2) is 9.38. The normalized spacial score (nSPS) is 14.2. The fourth-order valence-electron chi connectivity index (χ4n) is 2.85. The van der Waals surface area contributed by atoms with E-state index in [4.69, 9.17) is 0 Å². The van der Waals surface area contributed by atoms with Gasteiger partial charge < -0.3 is 20.4 Å². The zero-order chi connectivity index (χ0) is 16.5. The highest BCUT2D eigenvalue weighted by molar-refractivity contribution is 5.74. The third-order valence-corrected chi connectivity index (χ3v) is 5.34. The SMILES string of the molecule is CCC(CC)(CCCCC(C)C(CO)(CO)CO)C(=O)O. The van der Waals surface area contributed by atoms with Gasteiger partial charge in [0.15, 0.2) is 0 Å². The summed E-state index contributed by atoms with van der Waals surface area (Å²) in [6, 6.07) is 0. The lowest BCUT2D eigenvalue weighted by molar-refractivity contribution is -0.150. The number of hydrogen-bond acceptors (Lipinski definition) is 4. The molecule has 0 aliphatic carbocycles. The van der Waals surface area contributed by atoms with Gasteiger partial charge in [0.25, 0.3) is 0 Å². The van der Waals surface area contributed by atoms with E-state index in [-0.39, 0.29) is 25.7 Å². The van der Waals surface area contributed by atoms with Crippen molar-refractivity contribution in [2.45, 2.75) is 59.3 Å². The summed E-state index contributed by atoms with van der Waals surface area (Å²) >= 11 is 0. The summed E-state index contributed by atoms with van der Waals surface area (Å²) in [5.41, 5.74) is -1.48. The van der Waals surface area contributed by atoms with Crippen LogP contribution in [-0.2, 0) is 4.79 Å². The van der Waals surface area contributed by atoms with Crippen LogP contribution in [0.3, 0.4) is 0 Å². The molecular weight excluding hydrogens is 272 g/mol. The van der Waals surface area contributed by atoms with Crippen molar-refractivity contribution >= 4 is 5.97 Å². The van der Waals surface area contributed by atoms with Crippen molar-refractivity contribution in [1.29, 1.82) is 0 Å². The van der Waals surface area contributed by atoms with E-state index in [9.17, 15) is 25.2 Å². The van der Waals surface area contributed by atoms with Crippen molar-refractivity contribution in [3.05, 3.63) is 0 Å². The number of carbonyl (C=O) groups is 1. The van der Waals surface area contributed by atoms with Crippen LogP contribution in [0, 0.1) is 16.7 Å². The van der Waals surface area contributed by atoms with Crippen LogP contribution in [0.5, 0.6) is 0 Å².